The first-order valence-corrected chi connectivity index (χ1v) is 14.8. The lowest BCUT2D eigenvalue weighted by Crippen LogP contribution is -2.25. The lowest BCUT2D eigenvalue weighted by Gasteiger charge is -2.22. The fourth-order valence-electron chi connectivity index (χ4n) is 5.20. The highest BCUT2D eigenvalue weighted by molar-refractivity contribution is 7.74. The van der Waals surface area contributed by atoms with E-state index in [2.05, 4.69) is 33.6 Å². The van der Waals surface area contributed by atoms with Crippen molar-refractivity contribution in [2.75, 3.05) is 21.7 Å². The van der Waals surface area contributed by atoms with E-state index >= 15 is 0 Å². The Labute approximate surface area is 198 Å². The van der Waals surface area contributed by atoms with Gasteiger partial charge in [-0.15, -0.1) is 9.34 Å². The van der Waals surface area contributed by atoms with Crippen LogP contribution in [-0.4, -0.2) is 12.3 Å². The molecule has 0 atom stereocenters. The predicted molar refractivity (Wildman–Crippen MR) is 136 cm³/mol. The van der Waals surface area contributed by atoms with Crippen LogP contribution < -0.4 is 27.4 Å². The minimum atomic E-state index is -2.49. The zero-order valence-corrected chi connectivity index (χ0v) is 19.9. The van der Waals surface area contributed by atoms with Crippen LogP contribution in [0.5, 0.6) is 23.0 Å². The molecule has 0 radical (unpaired) electrons. The van der Waals surface area contributed by atoms with Gasteiger partial charge >= 0.3 is 15.7 Å². The van der Waals surface area contributed by atoms with E-state index in [0.29, 0.717) is 12.3 Å². The van der Waals surface area contributed by atoms with Gasteiger partial charge in [0.2, 0.25) is 23.0 Å². The van der Waals surface area contributed by atoms with Crippen molar-refractivity contribution in [2.45, 2.75) is 0 Å². The quantitative estimate of drug-likeness (QED) is 0.276. The van der Waals surface area contributed by atoms with Gasteiger partial charge in [-0.3, -0.25) is 18.1 Å². The number of benzene rings is 4. The number of hydrogen-bond donors (Lipinski definition) is 0. The molecule has 34 heavy (non-hydrogen) atoms. The molecule has 0 aliphatic carbocycles. The van der Waals surface area contributed by atoms with Gasteiger partial charge < -0.3 is 0 Å². The summed E-state index contributed by atoms with van der Waals surface area (Å²) < 4.78 is 31.2. The third-order valence-corrected chi connectivity index (χ3v) is 12.6. The number of para-hydroxylation sites is 8. The maximum atomic E-state index is 6.66. The molecule has 0 aromatic heterocycles. The molecule has 0 unspecified atom stereocenters. The summed E-state index contributed by atoms with van der Waals surface area (Å²) in [5.74, 6) is 3.46. The largest absolute Gasteiger partial charge is 0.469 e. The summed E-state index contributed by atoms with van der Waals surface area (Å²) in [6.45, 7) is 0. The molecule has 8 heteroatoms. The van der Waals surface area contributed by atoms with Gasteiger partial charge in [0.05, 0.1) is 0 Å². The zero-order valence-electron chi connectivity index (χ0n) is 18.1. The van der Waals surface area contributed by atoms with Gasteiger partial charge in [-0.05, 0) is 48.5 Å². The van der Waals surface area contributed by atoms with Crippen LogP contribution in [-0.2, 0) is 0 Å². The molecule has 0 saturated carbocycles. The molecule has 4 aliphatic heterocycles. The summed E-state index contributed by atoms with van der Waals surface area (Å²) in [4.78, 5) is 0. The van der Waals surface area contributed by atoms with Gasteiger partial charge in [0.15, 0.2) is 12.3 Å². The molecule has 8 rings (SSSR count). The van der Waals surface area contributed by atoms with Gasteiger partial charge in [-0.25, -0.2) is 0 Å². The number of hydrogen-bond acceptors (Lipinski definition) is 6. The van der Waals surface area contributed by atoms with E-state index in [1.165, 1.54) is 0 Å². The van der Waals surface area contributed by atoms with E-state index in [9.17, 15) is 0 Å². The Morgan fingerprint density at radius 1 is 0.412 bits per heavy atom. The lowest BCUT2D eigenvalue weighted by atomic mass is 10.2. The Balaban J connectivity index is 1.20. The second kappa shape index (κ2) is 6.56. The highest BCUT2D eigenvalue weighted by Crippen LogP contribution is 2.83. The molecule has 4 aromatic rings. The first-order chi connectivity index (χ1) is 16.8. The SMILES string of the molecule is c1ccc2c(c1)O[P+]1(CC[P+]34Oc5ccccc5N3c3ccccc3O4)Oc3ccccc3N21. The Morgan fingerprint density at radius 3 is 0.971 bits per heavy atom. The molecule has 0 N–H and O–H groups in total. The van der Waals surface area contributed by atoms with Crippen molar-refractivity contribution in [2.24, 2.45) is 0 Å². The number of rotatable bonds is 3. The number of fused-ring (bicyclic) bond motifs is 10. The topological polar surface area (TPSA) is 43.4 Å². The fourth-order valence-corrected chi connectivity index (χ4v) is 12.2. The monoisotopic (exact) mass is 486 g/mol. The first-order valence-electron chi connectivity index (χ1n) is 11.3. The molecule has 4 heterocycles. The van der Waals surface area contributed by atoms with Crippen LogP contribution >= 0.6 is 15.7 Å². The van der Waals surface area contributed by atoms with Crippen LogP contribution in [0.4, 0.5) is 22.7 Å². The van der Waals surface area contributed by atoms with Crippen molar-refractivity contribution >= 4 is 38.5 Å². The molecule has 0 amide bonds. The third-order valence-electron chi connectivity index (χ3n) is 6.61. The van der Waals surface area contributed by atoms with E-state index in [0.717, 1.165) is 45.7 Å². The summed E-state index contributed by atoms with van der Waals surface area (Å²) in [5, 5.41) is 0. The van der Waals surface area contributed by atoms with Crippen LogP contribution in [0.25, 0.3) is 0 Å². The van der Waals surface area contributed by atoms with Crippen molar-refractivity contribution in [3.05, 3.63) is 97.1 Å². The summed E-state index contributed by atoms with van der Waals surface area (Å²) in [6, 6.07) is 32.7. The van der Waals surface area contributed by atoms with Gasteiger partial charge in [-0.2, -0.15) is 0 Å². The lowest BCUT2D eigenvalue weighted by molar-refractivity contribution is 0.476. The Morgan fingerprint density at radius 2 is 0.676 bits per heavy atom. The van der Waals surface area contributed by atoms with Crippen LogP contribution in [0, 0.1) is 0 Å². The number of nitrogens with zero attached hydrogens (tertiary/aromatic N) is 2. The molecule has 6 nitrogen and oxygen atoms in total. The molecule has 0 saturated heterocycles. The molecular formula is C26H20N2O4P2+2. The number of anilines is 4. The Hall–Kier alpha value is -3.46. The predicted octanol–water partition coefficient (Wildman–Crippen LogP) is 7.76. The van der Waals surface area contributed by atoms with Gasteiger partial charge in [-0.1, -0.05) is 48.5 Å². The summed E-state index contributed by atoms with van der Waals surface area (Å²) in [5.41, 5.74) is 4.22. The molecule has 0 spiro atoms. The summed E-state index contributed by atoms with van der Waals surface area (Å²) in [6.07, 6.45) is 1.34. The first kappa shape index (κ1) is 18.9. The maximum absolute atomic E-state index is 6.66. The minimum absolute atomic E-state index is 0.669. The van der Waals surface area contributed by atoms with Crippen LogP contribution in [0.15, 0.2) is 97.1 Å². The minimum Gasteiger partial charge on any atom is -0.282 e. The smallest absolute Gasteiger partial charge is 0.282 e. The highest BCUT2D eigenvalue weighted by atomic mass is 31.2. The molecular weight excluding hydrogens is 466 g/mol. The average Bonchev–Trinajstić information content (AvgIpc) is 3.55. The van der Waals surface area contributed by atoms with E-state index in [-0.39, 0.29) is 0 Å². The fraction of sp³-hybridized carbons (Fsp3) is 0.0769. The standard InChI is InChI=1S/C26H20N2O4P2/c1-5-13-23-19(9-1)27-20-10-2-6-14-24(20)30-33(27,29-23)17-18-34-28(21-11-3-7-15-25(21)31-34)22-12-4-8-16-26(22)32-34/h1-16H,17-18H2/q+2. The maximum Gasteiger partial charge on any atom is 0.469 e. The van der Waals surface area contributed by atoms with E-state index in [1.54, 1.807) is 0 Å². The Bertz CT molecular complexity index is 1270. The third kappa shape index (κ3) is 2.37. The summed E-state index contributed by atoms with van der Waals surface area (Å²) >= 11 is 0. The van der Waals surface area contributed by atoms with E-state index < -0.39 is 15.7 Å². The molecule has 0 bridgehead atoms. The van der Waals surface area contributed by atoms with Crippen LogP contribution in [0.3, 0.4) is 0 Å². The second-order valence-corrected chi connectivity index (χ2v) is 13.6. The van der Waals surface area contributed by atoms with Gasteiger partial charge in [0.25, 0.3) is 0 Å². The molecule has 0 fully saturated rings. The average molecular weight is 486 g/mol. The zero-order chi connectivity index (χ0) is 22.3. The summed E-state index contributed by atoms with van der Waals surface area (Å²) in [7, 11) is -4.99. The van der Waals surface area contributed by atoms with Crippen LogP contribution in [0.2, 0.25) is 0 Å². The van der Waals surface area contributed by atoms with Gasteiger partial charge in [0, 0.05) is 0 Å². The normalized spacial score (nSPS) is 18.4. The Kier molecular flexibility index (Phi) is 3.65. The van der Waals surface area contributed by atoms with E-state index in [4.69, 9.17) is 18.1 Å². The molecule has 4 aliphatic rings. The molecule has 166 valence electrons. The van der Waals surface area contributed by atoms with Gasteiger partial charge in [0.1, 0.15) is 22.7 Å². The van der Waals surface area contributed by atoms with Crippen molar-refractivity contribution in [3.8, 4) is 23.0 Å². The van der Waals surface area contributed by atoms with Crippen molar-refractivity contribution in [1.82, 2.24) is 0 Å². The van der Waals surface area contributed by atoms with Crippen molar-refractivity contribution in [1.29, 1.82) is 0 Å². The van der Waals surface area contributed by atoms with E-state index in [1.807, 2.05) is 72.8 Å². The molecule has 4 aromatic carbocycles. The second-order valence-electron chi connectivity index (χ2n) is 8.58. The van der Waals surface area contributed by atoms with Crippen LogP contribution in [0.1, 0.15) is 0 Å². The van der Waals surface area contributed by atoms with Crippen molar-refractivity contribution < 1.29 is 18.1 Å². The van der Waals surface area contributed by atoms with Crippen molar-refractivity contribution in [3.63, 3.8) is 0 Å². The highest BCUT2D eigenvalue weighted by Gasteiger charge is 2.71.